The van der Waals surface area contributed by atoms with Gasteiger partial charge in [-0.2, -0.15) is 0 Å². The normalized spacial score (nSPS) is 14.4. The number of hydrogen-bond donors (Lipinski definition) is 0. The molecule has 0 bridgehead atoms. The molecule has 1 aliphatic carbocycles. The van der Waals surface area contributed by atoms with Crippen LogP contribution in [-0.2, 0) is 5.41 Å². The summed E-state index contributed by atoms with van der Waals surface area (Å²) < 4.78 is 6.81. The average molecular weight is 844 g/mol. The maximum Gasteiger partial charge on any atom is 0.164 e. The van der Waals surface area contributed by atoms with Crippen molar-refractivity contribution >= 4 is 21.5 Å². The molecule has 1 aliphatic heterocycles. The topological polar surface area (TPSA) is 47.9 Å². The zero-order valence-corrected chi connectivity index (χ0v) is 36.5. The molecule has 0 saturated heterocycles. The fourth-order valence-corrected chi connectivity index (χ4v) is 10.7. The van der Waals surface area contributed by atoms with Gasteiger partial charge in [-0.1, -0.05) is 200 Å². The molecule has 1 unspecified atom stereocenters. The van der Waals surface area contributed by atoms with Crippen molar-refractivity contribution in [2.24, 2.45) is 0 Å². The molecule has 66 heavy (non-hydrogen) atoms. The lowest BCUT2D eigenvalue weighted by atomic mass is 9.65. The highest BCUT2D eigenvalue weighted by molar-refractivity contribution is 5.98. The number of rotatable bonds is 5. The zero-order chi connectivity index (χ0) is 43.9. The fourth-order valence-electron chi connectivity index (χ4n) is 10.7. The largest absolute Gasteiger partial charge is 0.456 e. The molecular weight excluding hydrogens is 803 g/mol. The number of para-hydroxylation sites is 1. The lowest BCUT2D eigenvalue weighted by Crippen LogP contribution is -2.32. The van der Waals surface area contributed by atoms with E-state index in [4.69, 9.17) is 19.7 Å². The van der Waals surface area contributed by atoms with E-state index in [-0.39, 0.29) is 0 Å². The van der Waals surface area contributed by atoms with Crippen LogP contribution in [0.1, 0.15) is 33.4 Å². The summed E-state index contributed by atoms with van der Waals surface area (Å²) >= 11 is 0. The van der Waals surface area contributed by atoms with E-state index in [0.717, 1.165) is 72.7 Å². The van der Waals surface area contributed by atoms with Crippen molar-refractivity contribution < 1.29 is 4.74 Å². The highest BCUT2D eigenvalue weighted by Crippen LogP contribution is 2.63. The Kier molecular flexibility index (Phi) is 8.53. The Hall–Kier alpha value is -8.47. The SMILES string of the molecule is Cc1ccc2c(c1)C1(c3ccccc3-c3c(-c4nc(-c5ccc(-c6ccc7ccccc7c6)cc5)nc(-c5cccc(-c6cccc7ccccc67)c5)n4)cccc31)c1cccc(C)c1O2. The Balaban J connectivity index is 1.03. The lowest BCUT2D eigenvalue weighted by Gasteiger charge is -2.40. The number of hydrogen-bond acceptors (Lipinski definition) is 4. The van der Waals surface area contributed by atoms with E-state index >= 15 is 0 Å². The van der Waals surface area contributed by atoms with Crippen LogP contribution in [0.5, 0.6) is 11.5 Å². The van der Waals surface area contributed by atoms with Crippen LogP contribution in [0.2, 0.25) is 0 Å². The van der Waals surface area contributed by atoms with Crippen LogP contribution in [0.4, 0.5) is 0 Å². The van der Waals surface area contributed by atoms with E-state index in [1.54, 1.807) is 0 Å². The van der Waals surface area contributed by atoms with Crippen molar-refractivity contribution in [3.8, 4) is 79.0 Å². The van der Waals surface area contributed by atoms with Gasteiger partial charge in [0.2, 0.25) is 0 Å². The number of benzene rings is 10. The second-order valence-electron chi connectivity index (χ2n) is 17.6. The molecule has 0 fully saturated rings. The van der Waals surface area contributed by atoms with Gasteiger partial charge in [-0.25, -0.2) is 15.0 Å². The maximum atomic E-state index is 6.81. The van der Waals surface area contributed by atoms with Crippen LogP contribution in [0.3, 0.4) is 0 Å². The minimum absolute atomic E-state index is 0.613. The molecule has 1 atom stereocenters. The van der Waals surface area contributed by atoms with Gasteiger partial charge in [0.1, 0.15) is 11.5 Å². The first-order valence-corrected chi connectivity index (χ1v) is 22.6. The summed E-state index contributed by atoms with van der Waals surface area (Å²) in [6.07, 6.45) is 0. The average Bonchev–Trinajstić information content (AvgIpc) is 3.67. The Bertz CT molecular complexity index is 3770. The molecule has 1 aromatic heterocycles. The molecular formula is C62H41N3O. The van der Waals surface area contributed by atoms with Crippen molar-refractivity contribution in [2.75, 3.05) is 0 Å². The molecule has 0 saturated carbocycles. The summed E-state index contributed by atoms with van der Waals surface area (Å²) in [6, 6.07) is 76.0. The Morgan fingerprint density at radius 2 is 0.985 bits per heavy atom. The molecule has 1 spiro atoms. The molecule has 4 heteroatoms. The minimum atomic E-state index is -0.632. The Morgan fingerprint density at radius 1 is 0.364 bits per heavy atom. The molecule has 4 nitrogen and oxygen atoms in total. The van der Waals surface area contributed by atoms with Gasteiger partial charge in [0.15, 0.2) is 17.5 Å². The Labute approximate surface area is 383 Å². The fraction of sp³-hybridized carbons (Fsp3) is 0.0484. The molecule has 2 aliphatic rings. The maximum absolute atomic E-state index is 6.81. The first kappa shape index (κ1) is 38.0. The van der Waals surface area contributed by atoms with Gasteiger partial charge in [-0.05, 0) is 104 Å². The van der Waals surface area contributed by atoms with E-state index in [9.17, 15) is 0 Å². The van der Waals surface area contributed by atoms with Crippen molar-refractivity contribution in [1.82, 2.24) is 15.0 Å². The van der Waals surface area contributed by atoms with Gasteiger partial charge < -0.3 is 4.74 Å². The van der Waals surface area contributed by atoms with Gasteiger partial charge in [-0.3, -0.25) is 0 Å². The van der Waals surface area contributed by atoms with Gasteiger partial charge in [-0.15, -0.1) is 0 Å². The van der Waals surface area contributed by atoms with E-state index in [1.165, 1.54) is 43.8 Å². The van der Waals surface area contributed by atoms with E-state index < -0.39 is 5.41 Å². The van der Waals surface area contributed by atoms with Crippen molar-refractivity contribution in [3.05, 3.63) is 246 Å². The van der Waals surface area contributed by atoms with Crippen LogP contribution in [0, 0.1) is 13.8 Å². The highest BCUT2D eigenvalue weighted by atomic mass is 16.5. The van der Waals surface area contributed by atoms with E-state index in [2.05, 4.69) is 226 Å². The van der Waals surface area contributed by atoms with Gasteiger partial charge >= 0.3 is 0 Å². The molecule has 10 aromatic carbocycles. The molecule has 0 radical (unpaired) electrons. The molecule has 310 valence electrons. The smallest absolute Gasteiger partial charge is 0.164 e. The summed E-state index contributed by atoms with van der Waals surface area (Å²) in [4.78, 5) is 16.2. The minimum Gasteiger partial charge on any atom is -0.456 e. The molecule has 11 aromatic rings. The van der Waals surface area contributed by atoms with Gasteiger partial charge in [0.05, 0.1) is 5.41 Å². The van der Waals surface area contributed by atoms with E-state index in [0.29, 0.717) is 17.5 Å². The van der Waals surface area contributed by atoms with Crippen molar-refractivity contribution in [3.63, 3.8) is 0 Å². The summed E-state index contributed by atoms with van der Waals surface area (Å²) in [5.74, 6) is 3.63. The lowest BCUT2D eigenvalue weighted by molar-refractivity contribution is 0.433. The standard InChI is InChI=1S/C62H41N3O/c1-38-27-34-56-55(35-38)62(54-26-9-13-39(2)58(54)66-56)52-24-8-7-21-50(52)57-51(23-12-25-53(57)62)61-64-59(43-31-28-41(29-32-43)45-33-30-40-14-3-4-16-44(40)36-45)63-60(65-61)47-19-10-18-46(37-47)49-22-11-17-42-15-5-6-20-48(42)49/h3-37H,1-2H3. The van der Waals surface area contributed by atoms with Crippen LogP contribution >= 0.6 is 0 Å². The number of fused-ring (bicyclic) bond motifs is 11. The first-order valence-electron chi connectivity index (χ1n) is 22.6. The third-order valence-electron chi connectivity index (χ3n) is 13.8. The predicted octanol–water partition coefficient (Wildman–Crippen LogP) is 15.6. The van der Waals surface area contributed by atoms with Crippen LogP contribution in [0.15, 0.2) is 212 Å². The summed E-state index contributed by atoms with van der Waals surface area (Å²) in [5, 5.41) is 4.85. The molecule has 0 amide bonds. The summed E-state index contributed by atoms with van der Waals surface area (Å²) in [7, 11) is 0. The molecule has 2 heterocycles. The van der Waals surface area contributed by atoms with Gasteiger partial charge in [0.25, 0.3) is 0 Å². The number of ether oxygens (including phenoxy) is 1. The van der Waals surface area contributed by atoms with Crippen molar-refractivity contribution in [2.45, 2.75) is 19.3 Å². The second kappa shape index (κ2) is 14.8. The van der Waals surface area contributed by atoms with Gasteiger partial charge in [0, 0.05) is 27.8 Å². The van der Waals surface area contributed by atoms with Crippen LogP contribution in [-0.4, -0.2) is 15.0 Å². The third-order valence-corrected chi connectivity index (χ3v) is 13.8. The van der Waals surface area contributed by atoms with E-state index in [1.807, 2.05) is 0 Å². The summed E-state index contributed by atoms with van der Waals surface area (Å²) in [6.45, 7) is 4.30. The first-order chi connectivity index (χ1) is 32.5. The predicted molar refractivity (Wildman–Crippen MR) is 269 cm³/mol. The third kappa shape index (κ3) is 5.81. The molecule has 0 N–H and O–H groups in total. The van der Waals surface area contributed by atoms with Crippen LogP contribution < -0.4 is 4.74 Å². The number of nitrogens with zero attached hydrogens (tertiary/aromatic N) is 3. The second-order valence-corrected chi connectivity index (χ2v) is 17.6. The quantitative estimate of drug-likeness (QED) is 0.173. The summed E-state index contributed by atoms with van der Waals surface area (Å²) in [5.41, 5.74) is 16.0. The monoisotopic (exact) mass is 843 g/mol. The number of aryl methyl sites for hydroxylation is 2. The van der Waals surface area contributed by atoms with Crippen LogP contribution in [0.25, 0.3) is 89.1 Å². The number of aromatic nitrogens is 3. The van der Waals surface area contributed by atoms with Crippen molar-refractivity contribution in [1.29, 1.82) is 0 Å². The highest BCUT2D eigenvalue weighted by Gasteiger charge is 2.52. The zero-order valence-electron chi connectivity index (χ0n) is 36.5. The molecule has 13 rings (SSSR count). The Morgan fingerprint density at radius 3 is 1.88 bits per heavy atom.